The van der Waals surface area contributed by atoms with E-state index in [0.717, 1.165) is 0 Å². The molecule has 0 N–H and O–H groups in total. The van der Waals surface area contributed by atoms with Crippen LogP contribution in [0.5, 0.6) is 5.88 Å². The summed E-state index contributed by atoms with van der Waals surface area (Å²) in [5.41, 5.74) is 0. The average Bonchev–Trinajstić information content (AvgIpc) is 2.50. The van der Waals surface area contributed by atoms with Crippen molar-refractivity contribution in [2.45, 2.75) is 13.8 Å². The van der Waals surface area contributed by atoms with Crippen molar-refractivity contribution < 1.29 is 13.5 Å². The number of thiol groups is 1. The summed E-state index contributed by atoms with van der Waals surface area (Å²) in [6.07, 6.45) is 0. The lowest BCUT2D eigenvalue weighted by Gasteiger charge is -1.96. The molecule has 0 radical (unpaired) electrons. The average molecular weight is 187 g/mol. The summed E-state index contributed by atoms with van der Waals surface area (Å²) in [7, 11) is 0. The van der Waals surface area contributed by atoms with Crippen LogP contribution in [0.2, 0.25) is 0 Å². The van der Waals surface area contributed by atoms with Crippen molar-refractivity contribution in [1.29, 1.82) is 0 Å². The van der Waals surface area contributed by atoms with Crippen molar-refractivity contribution in [2.24, 2.45) is 5.92 Å². The Labute approximate surface area is 75.5 Å². The monoisotopic (exact) mass is 187 g/mol. The van der Waals surface area contributed by atoms with Gasteiger partial charge in [0, 0.05) is 18.8 Å². The number of carbonyl (C=O) groups is 1. The molecular formula is C7H9NO3S. The molecule has 0 aromatic carbocycles. The number of rotatable bonds is 3. The molecule has 1 heterocycles. The van der Waals surface area contributed by atoms with Gasteiger partial charge in [-0.3, -0.25) is 4.79 Å². The molecule has 1 aromatic rings. The second-order valence-electron chi connectivity index (χ2n) is 2.64. The number of Topliss-reactive ketones (excluding diaryl/α,β-unsaturated/α-hetero) is 1. The van der Waals surface area contributed by atoms with Crippen LogP contribution in [0.25, 0.3) is 0 Å². The Morgan fingerprint density at radius 2 is 2.42 bits per heavy atom. The third kappa shape index (κ3) is 1.79. The van der Waals surface area contributed by atoms with Gasteiger partial charge in [0.2, 0.25) is 11.5 Å². The maximum atomic E-state index is 11.3. The van der Waals surface area contributed by atoms with E-state index in [1.165, 1.54) is 6.07 Å². The molecule has 0 saturated carbocycles. The zero-order valence-corrected chi connectivity index (χ0v) is 7.67. The number of hydrogen-bond donors (Lipinski definition) is 1. The summed E-state index contributed by atoms with van der Waals surface area (Å²) in [5.74, 6) is 0.196. The van der Waals surface area contributed by atoms with Crippen LogP contribution in [0.1, 0.15) is 24.4 Å². The van der Waals surface area contributed by atoms with Gasteiger partial charge in [0.05, 0.1) is 6.07 Å². The fraction of sp³-hybridized carbons (Fsp3) is 0.429. The highest BCUT2D eigenvalue weighted by Crippen LogP contribution is 2.15. The van der Waals surface area contributed by atoms with E-state index >= 15 is 0 Å². The molecule has 0 spiro atoms. The first-order valence-electron chi connectivity index (χ1n) is 3.47. The highest BCUT2D eigenvalue weighted by molar-refractivity contribution is 7.75. The minimum Gasteiger partial charge on any atom is -0.406 e. The zero-order chi connectivity index (χ0) is 9.14. The molecule has 0 bridgehead atoms. The predicted octanol–water partition coefficient (Wildman–Crippen LogP) is 1.74. The van der Waals surface area contributed by atoms with Crippen molar-refractivity contribution in [3.05, 3.63) is 11.8 Å². The number of hydrogen-bond acceptors (Lipinski definition) is 5. The van der Waals surface area contributed by atoms with Crippen LogP contribution in [0.15, 0.2) is 10.6 Å². The lowest BCUT2D eigenvalue weighted by atomic mass is 10.1. The summed E-state index contributed by atoms with van der Waals surface area (Å²) in [5, 5.41) is 3.44. The molecule has 0 atom stereocenters. The standard InChI is InChI=1S/C7H9NO3S/c1-4(2)7(9)5-3-6(11-12)8-10-5/h3-4,12H,1-2H3. The minimum atomic E-state index is -0.106. The summed E-state index contributed by atoms with van der Waals surface area (Å²) < 4.78 is 9.17. The summed E-state index contributed by atoms with van der Waals surface area (Å²) in [6.45, 7) is 3.57. The molecule has 0 unspecified atom stereocenters. The minimum absolute atomic E-state index is 0.0980. The van der Waals surface area contributed by atoms with E-state index in [9.17, 15) is 4.79 Å². The van der Waals surface area contributed by atoms with E-state index in [-0.39, 0.29) is 23.3 Å². The van der Waals surface area contributed by atoms with Gasteiger partial charge in [-0.1, -0.05) is 13.8 Å². The first-order chi connectivity index (χ1) is 5.65. The van der Waals surface area contributed by atoms with Crippen molar-refractivity contribution >= 4 is 18.7 Å². The van der Waals surface area contributed by atoms with Gasteiger partial charge in [0.25, 0.3) is 5.88 Å². The highest BCUT2D eigenvalue weighted by Gasteiger charge is 2.16. The number of ketones is 1. The Morgan fingerprint density at radius 3 is 2.83 bits per heavy atom. The molecule has 0 aliphatic heterocycles. The van der Waals surface area contributed by atoms with E-state index in [1.807, 2.05) is 0 Å². The molecule has 0 aliphatic rings. The smallest absolute Gasteiger partial charge is 0.267 e. The fourth-order valence-corrected chi connectivity index (χ4v) is 0.789. The molecule has 0 saturated heterocycles. The van der Waals surface area contributed by atoms with E-state index in [2.05, 4.69) is 22.2 Å². The zero-order valence-electron chi connectivity index (χ0n) is 6.77. The van der Waals surface area contributed by atoms with Crippen molar-refractivity contribution in [3.63, 3.8) is 0 Å². The first-order valence-corrected chi connectivity index (χ1v) is 3.84. The van der Waals surface area contributed by atoms with E-state index in [0.29, 0.717) is 0 Å². The van der Waals surface area contributed by atoms with Crippen LogP contribution < -0.4 is 4.18 Å². The number of carbonyl (C=O) groups excluding carboxylic acids is 1. The van der Waals surface area contributed by atoms with E-state index in [1.54, 1.807) is 13.8 Å². The molecule has 12 heavy (non-hydrogen) atoms. The number of aromatic nitrogens is 1. The maximum absolute atomic E-state index is 11.3. The first kappa shape index (κ1) is 9.12. The second kappa shape index (κ2) is 3.62. The van der Waals surface area contributed by atoms with Gasteiger partial charge in [0.1, 0.15) is 0 Å². The van der Waals surface area contributed by atoms with Crippen LogP contribution in [0, 0.1) is 5.92 Å². The predicted molar refractivity (Wildman–Crippen MR) is 45.3 cm³/mol. The molecular weight excluding hydrogens is 178 g/mol. The quantitative estimate of drug-likeness (QED) is 0.445. The van der Waals surface area contributed by atoms with Crippen molar-refractivity contribution in [3.8, 4) is 5.88 Å². The number of nitrogens with zero attached hydrogens (tertiary/aromatic N) is 1. The molecule has 66 valence electrons. The van der Waals surface area contributed by atoms with Gasteiger partial charge in [-0.2, -0.15) is 0 Å². The molecule has 0 aliphatic carbocycles. The lowest BCUT2D eigenvalue weighted by molar-refractivity contribution is 0.0902. The van der Waals surface area contributed by atoms with E-state index < -0.39 is 0 Å². The topological polar surface area (TPSA) is 52.3 Å². The fourth-order valence-electron chi connectivity index (χ4n) is 0.703. The van der Waals surface area contributed by atoms with Gasteiger partial charge in [-0.25, -0.2) is 0 Å². The summed E-state index contributed by atoms with van der Waals surface area (Å²) in [6, 6.07) is 1.41. The summed E-state index contributed by atoms with van der Waals surface area (Å²) in [4.78, 5) is 11.3. The molecule has 1 rings (SSSR count). The Morgan fingerprint density at radius 1 is 1.75 bits per heavy atom. The van der Waals surface area contributed by atoms with Gasteiger partial charge >= 0.3 is 0 Å². The van der Waals surface area contributed by atoms with Gasteiger partial charge < -0.3 is 8.71 Å². The van der Waals surface area contributed by atoms with Gasteiger partial charge in [-0.05, 0) is 5.16 Å². The van der Waals surface area contributed by atoms with Crippen molar-refractivity contribution in [2.75, 3.05) is 0 Å². The maximum Gasteiger partial charge on any atom is 0.267 e. The van der Waals surface area contributed by atoms with Gasteiger partial charge in [0.15, 0.2) is 0 Å². The third-order valence-electron chi connectivity index (χ3n) is 1.35. The molecule has 1 aromatic heterocycles. The van der Waals surface area contributed by atoms with Crippen LogP contribution in [0.4, 0.5) is 0 Å². The Balaban J connectivity index is 2.82. The Bertz CT molecular complexity index is 282. The van der Waals surface area contributed by atoms with Crippen molar-refractivity contribution in [1.82, 2.24) is 5.16 Å². The normalized spacial score (nSPS) is 10.3. The molecule has 0 fully saturated rings. The lowest BCUT2D eigenvalue weighted by Crippen LogP contribution is -2.05. The van der Waals surface area contributed by atoms with Crippen LogP contribution >= 0.6 is 12.9 Å². The SMILES string of the molecule is CC(C)C(=O)c1cc(OS)no1. The second-order valence-corrected chi connectivity index (χ2v) is 2.82. The summed E-state index contributed by atoms with van der Waals surface area (Å²) >= 11 is 3.51. The Kier molecular flexibility index (Phi) is 2.75. The Hall–Kier alpha value is -0.970. The van der Waals surface area contributed by atoms with Gasteiger partial charge in [-0.15, -0.1) is 0 Å². The molecule has 4 nitrogen and oxygen atoms in total. The molecule has 5 heteroatoms. The largest absolute Gasteiger partial charge is 0.406 e. The third-order valence-corrected chi connectivity index (χ3v) is 1.54. The van der Waals surface area contributed by atoms with Crippen LogP contribution in [-0.2, 0) is 0 Å². The van der Waals surface area contributed by atoms with Crippen LogP contribution in [0.3, 0.4) is 0 Å². The highest BCUT2D eigenvalue weighted by atomic mass is 32.1. The van der Waals surface area contributed by atoms with E-state index in [4.69, 9.17) is 4.52 Å². The van der Waals surface area contributed by atoms with Crippen LogP contribution in [-0.4, -0.2) is 10.9 Å². The molecule has 0 amide bonds.